The Balaban J connectivity index is -0.000000136. The van der Waals surface area contributed by atoms with Gasteiger partial charge in [-0.3, -0.25) is 14.9 Å². The van der Waals surface area contributed by atoms with Gasteiger partial charge in [-0.05, 0) is 6.42 Å². The van der Waals surface area contributed by atoms with E-state index >= 15 is 0 Å². The molecule has 1 heterocycles. The number of thioether (sulfide) groups is 1. The van der Waals surface area contributed by atoms with E-state index in [0.717, 1.165) is 24.5 Å². The highest BCUT2D eigenvalue weighted by molar-refractivity contribution is 7.99. The average Bonchev–Trinajstić information content (AvgIpc) is 3.11. The van der Waals surface area contributed by atoms with Crippen molar-refractivity contribution in [1.29, 1.82) is 0 Å². The second-order valence-electron chi connectivity index (χ2n) is 4.55. The summed E-state index contributed by atoms with van der Waals surface area (Å²) in [6.07, 6.45) is 2.75. The first-order chi connectivity index (χ1) is 11.9. The lowest BCUT2D eigenvalue weighted by Gasteiger charge is -2.05. The summed E-state index contributed by atoms with van der Waals surface area (Å²) in [6.45, 7) is 8.55. The predicted octanol–water partition coefficient (Wildman–Crippen LogP) is 1.27. The molecule has 2 atom stereocenters. The van der Waals surface area contributed by atoms with E-state index in [1.807, 2.05) is 6.92 Å². The molecule has 1 aliphatic heterocycles. The third-order valence-corrected chi connectivity index (χ3v) is 3.71. The van der Waals surface area contributed by atoms with Crippen molar-refractivity contribution in [1.82, 2.24) is 5.32 Å². The van der Waals surface area contributed by atoms with Crippen LogP contribution in [0.15, 0.2) is 5.16 Å². The fourth-order valence-corrected chi connectivity index (χ4v) is 2.45. The Bertz CT molecular complexity index is 335. The number of Topliss-reactive ketones (excluding diaryl/α,β-unsaturated/α-hetero) is 2. The van der Waals surface area contributed by atoms with Crippen molar-refractivity contribution in [2.75, 3.05) is 25.8 Å². The molecule has 0 aromatic carbocycles. The molecule has 8 nitrogen and oxygen atoms in total. The molecular formula is C15H34N4O4S2+2. The van der Waals surface area contributed by atoms with Gasteiger partial charge in [-0.2, -0.15) is 12.6 Å². The van der Waals surface area contributed by atoms with Gasteiger partial charge in [-0.25, -0.2) is 5.90 Å². The van der Waals surface area contributed by atoms with E-state index in [0.29, 0.717) is 18.6 Å². The Kier molecular flexibility index (Phi) is 26.9. The molecule has 1 saturated heterocycles. The summed E-state index contributed by atoms with van der Waals surface area (Å²) in [5.74, 6) is 6.61. The molecule has 2 unspecified atom stereocenters. The maximum Gasteiger partial charge on any atom is 1.00 e. The molecule has 0 aromatic rings. The number of ketones is 2. The third-order valence-electron chi connectivity index (χ3n) is 2.48. The molecule has 1 rings (SSSR count). The molecule has 0 aromatic heterocycles. The van der Waals surface area contributed by atoms with Crippen LogP contribution in [0.2, 0.25) is 0 Å². The molecule has 10 heteroatoms. The minimum absolute atomic E-state index is 0. The molecule has 1 aliphatic rings. The quantitative estimate of drug-likeness (QED) is 0.166. The summed E-state index contributed by atoms with van der Waals surface area (Å²) < 4.78 is 0. The van der Waals surface area contributed by atoms with Gasteiger partial charge in [0.15, 0.2) is 11.6 Å². The maximum absolute atomic E-state index is 11.2. The van der Waals surface area contributed by atoms with Gasteiger partial charge in [-0.1, -0.05) is 6.92 Å². The van der Waals surface area contributed by atoms with Crippen molar-refractivity contribution in [3.8, 4) is 0 Å². The van der Waals surface area contributed by atoms with Crippen LogP contribution in [-0.4, -0.2) is 55.5 Å². The van der Waals surface area contributed by atoms with Crippen LogP contribution in [-0.2, 0) is 19.3 Å². The van der Waals surface area contributed by atoms with Crippen LogP contribution in [0.5, 0.6) is 0 Å². The molecule has 0 radical (unpaired) electrons. The zero-order valence-corrected chi connectivity index (χ0v) is 17.1. The first-order valence-electron chi connectivity index (χ1n) is 7.67. The molecule has 25 heavy (non-hydrogen) atoms. The summed E-state index contributed by atoms with van der Waals surface area (Å²) >= 11 is 5.53. The molecule has 1 fully saturated rings. The van der Waals surface area contributed by atoms with Crippen LogP contribution in [0.1, 0.15) is 34.0 Å². The lowest BCUT2D eigenvalue weighted by molar-refractivity contribution is -0.120. The largest absolute Gasteiger partial charge is 1.00 e. The topological polar surface area (TPSA) is 129 Å². The summed E-state index contributed by atoms with van der Waals surface area (Å²) in [4.78, 5) is 29.5. The minimum atomic E-state index is -0.614. The van der Waals surface area contributed by atoms with Crippen molar-refractivity contribution >= 4 is 42.7 Å². The molecule has 5 N–H and O–H groups in total. The van der Waals surface area contributed by atoms with Crippen LogP contribution in [0, 0.1) is 6.92 Å². The Morgan fingerprint density at radius 1 is 1.52 bits per heavy atom. The Morgan fingerprint density at radius 2 is 2.04 bits per heavy atom. The van der Waals surface area contributed by atoms with Gasteiger partial charge in [0.25, 0.3) is 0 Å². The summed E-state index contributed by atoms with van der Waals surface area (Å²) in [5.41, 5.74) is 5.11. The average molecular weight is 399 g/mol. The number of nitrogens with two attached hydrogens (primary N) is 2. The van der Waals surface area contributed by atoms with Crippen molar-refractivity contribution in [3.63, 3.8) is 0 Å². The number of nitrogens with zero attached hydrogens (tertiary/aromatic N) is 1. The number of nitrogens with one attached hydrogen (secondary N) is 1. The van der Waals surface area contributed by atoms with Gasteiger partial charge in [0.2, 0.25) is 0 Å². The fourth-order valence-electron chi connectivity index (χ4n) is 1.34. The first kappa shape index (κ1) is 29.0. The predicted molar refractivity (Wildman–Crippen MR) is 110 cm³/mol. The first-order valence-corrected chi connectivity index (χ1v) is 9.34. The van der Waals surface area contributed by atoms with Crippen molar-refractivity contribution in [2.24, 2.45) is 16.8 Å². The van der Waals surface area contributed by atoms with Crippen molar-refractivity contribution in [2.45, 2.75) is 44.0 Å². The van der Waals surface area contributed by atoms with Crippen LogP contribution in [0.25, 0.3) is 0 Å². The van der Waals surface area contributed by atoms with Crippen LogP contribution >= 0.6 is 24.4 Å². The van der Waals surface area contributed by atoms with E-state index in [9.17, 15) is 9.59 Å². The zero-order chi connectivity index (χ0) is 20.1. The Labute approximate surface area is 162 Å². The summed E-state index contributed by atoms with van der Waals surface area (Å²) in [7, 11) is 2.85. The Morgan fingerprint density at radius 3 is 2.28 bits per heavy atom. The summed E-state index contributed by atoms with van der Waals surface area (Å²) in [5, 5.41) is 5.53. The van der Waals surface area contributed by atoms with Gasteiger partial charge in [0.1, 0.15) is 12.5 Å². The molecule has 0 amide bonds. The molecule has 0 spiro atoms. The molecule has 0 bridgehead atoms. The van der Waals surface area contributed by atoms with Crippen molar-refractivity contribution < 1.29 is 20.7 Å². The van der Waals surface area contributed by atoms with Gasteiger partial charge in [-0.15, -0.1) is 16.9 Å². The maximum atomic E-state index is 11.2. The van der Waals surface area contributed by atoms with Crippen molar-refractivity contribution in [3.05, 3.63) is 6.92 Å². The zero-order valence-electron chi connectivity index (χ0n) is 16.4. The van der Waals surface area contributed by atoms with E-state index in [-0.39, 0.29) is 13.3 Å². The van der Waals surface area contributed by atoms with Gasteiger partial charge in [0.05, 0.1) is 26.5 Å². The van der Waals surface area contributed by atoms with Gasteiger partial charge in [0, 0.05) is 31.2 Å². The minimum Gasteiger partial charge on any atom is -0.400 e. The molecular weight excluding hydrogens is 364 g/mol. The summed E-state index contributed by atoms with van der Waals surface area (Å²) in [6, 6.07) is 0.157. The lowest BCUT2D eigenvalue weighted by Crippen LogP contribution is -2.32. The van der Waals surface area contributed by atoms with E-state index in [1.54, 1.807) is 11.8 Å². The highest BCUT2D eigenvalue weighted by Crippen LogP contribution is 2.11. The Hall–Kier alpha value is -0.780. The second-order valence-corrected chi connectivity index (χ2v) is 6.14. The van der Waals surface area contributed by atoms with E-state index in [2.05, 4.69) is 52.3 Å². The van der Waals surface area contributed by atoms with Gasteiger partial charge < -0.3 is 15.4 Å². The van der Waals surface area contributed by atoms with Crippen LogP contribution in [0.3, 0.4) is 0 Å². The number of carbonyl (C=O) groups excluding carboxylic acids is 2. The number of rotatable bonds is 7. The highest BCUT2D eigenvalue weighted by Gasteiger charge is 2.20. The van der Waals surface area contributed by atoms with Crippen LogP contribution in [0.4, 0.5) is 0 Å². The number of hydrogen-bond donors (Lipinski definition) is 4. The second kappa shape index (κ2) is 23.2. The normalized spacial score (nSPS) is 15.8. The smallest absolute Gasteiger partial charge is 0.400 e. The number of thiol groups is 1. The molecule has 148 valence electrons. The van der Waals surface area contributed by atoms with Crippen LogP contribution < -0.4 is 16.9 Å². The third kappa shape index (κ3) is 23.2. The molecule has 0 aliphatic carbocycles. The standard InChI is InChI=1S/C7H13NOS.C5H9NOS.C2H5NO.CH5NO/c1-2-3-7(9)6-4-10-5-8-6;1-2-3-4(7)5(6)8;1-3-4-2;1-3-2/h6,8H,2-5H2,1H3;5H,1-3,6H2;1H2,2H3;2H2,1H3/p+2. The van der Waals surface area contributed by atoms with E-state index in [4.69, 9.17) is 5.73 Å². The molecule has 0 saturated carbocycles. The van der Waals surface area contributed by atoms with E-state index < -0.39 is 5.37 Å². The SMILES string of the molecule is C=NOC.CCCC(=O)C1CSCN1.CON.[CH2+]CCC(=O)C(N)S.[H+]. The number of hydrogen-bond acceptors (Lipinski definition) is 10. The van der Waals surface area contributed by atoms with Gasteiger partial charge >= 0.3 is 1.43 Å². The number of oxime groups is 1. The number of carbonyl (C=O) groups is 2. The fraction of sp³-hybridized carbons (Fsp3) is 0.733. The van der Waals surface area contributed by atoms with E-state index in [1.165, 1.54) is 14.2 Å². The highest BCUT2D eigenvalue weighted by atomic mass is 32.2. The lowest BCUT2D eigenvalue weighted by atomic mass is 10.1. The monoisotopic (exact) mass is 398 g/mol.